The summed E-state index contributed by atoms with van der Waals surface area (Å²) in [4.78, 5) is 59.3. The Labute approximate surface area is 337 Å². The highest BCUT2D eigenvalue weighted by Gasteiger charge is 2.68. The number of hydrogen-bond donors (Lipinski definition) is 4. The third kappa shape index (κ3) is 7.90. The zero-order valence-electron chi connectivity index (χ0n) is 33.1. The molecule has 13 nitrogen and oxygen atoms in total. The molecule has 19 heteroatoms. The number of rotatable bonds is 12. The molecule has 4 N–H and O–H groups in total. The van der Waals surface area contributed by atoms with Gasteiger partial charge in [-0.25, -0.2) is 23.4 Å². The third-order valence-corrected chi connectivity index (χ3v) is 12.6. The van der Waals surface area contributed by atoms with Gasteiger partial charge in [0.15, 0.2) is 0 Å². The van der Waals surface area contributed by atoms with Gasteiger partial charge in [-0.15, -0.1) is 0 Å². The van der Waals surface area contributed by atoms with E-state index in [0.717, 1.165) is 29.3 Å². The number of alkyl halides is 5. The Morgan fingerprint density at radius 2 is 1.80 bits per heavy atom. The summed E-state index contributed by atoms with van der Waals surface area (Å²) in [6, 6.07) is 8.37. The van der Waals surface area contributed by atoms with E-state index in [1.54, 1.807) is 19.1 Å². The molecule has 2 bridgehead atoms. The number of carbonyl (C=O) groups excluding carboxylic acids is 3. The van der Waals surface area contributed by atoms with E-state index >= 15 is 0 Å². The maximum absolute atomic E-state index is 14.4. The summed E-state index contributed by atoms with van der Waals surface area (Å²) >= 11 is 0. The Morgan fingerprint density at radius 1 is 1.05 bits per heavy atom. The number of ether oxygens (including phenoxy) is 1. The number of fused-ring (bicyclic) bond motifs is 1. The highest BCUT2D eigenvalue weighted by Crippen LogP contribution is 2.65. The fourth-order valence-electron chi connectivity index (χ4n) is 9.39. The van der Waals surface area contributed by atoms with E-state index in [4.69, 9.17) is 14.0 Å². The van der Waals surface area contributed by atoms with E-state index in [1.165, 1.54) is 31.2 Å². The third-order valence-electron chi connectivity index (χ3n) is 12.6. The molecule has 3 heterocycles. The lowest BCUT2D eigenvalue weighted by Crippen LogP contribution is -2.65. The van der Waals surface area contributed by atoms with E-state index in [0.29, 0.717) is 12.3 Å². The largest absolute Gasteiger partial charge is 0.481 e. The lowest BCUT2D eigenvalue weighted by molar-refractivity contribution is -0.199. The Bertz CT molecular complexity index is 2190. The highest BCUT2D eigenvalue weighted by molar-refractivity contribution is 6.48. The van der Waals surface area contributed by atoms with Gasteiger partial charge in [0.25, 0.3) is 5.56 Å². The summed E-state index contributed by atoms with van der Waals surface area (Å²) in [6.45, 7) is 9.24. The van der Waals surface area contributed by atoms with E-state index < -0.39 is 78.3 Å². The summed E-state index contributed by atoms with van der Waals surface area (Å²) in [6.07, 6.45) is -6.20. The first kappa shape index (κ1) is 42.1. The number of urea groups is 1. The van der Waals surface area contributed by atoms with E-state index in [9.17, 15) is 41.1 Å². The van der Waals surface area contributed by atoms with E-state index in [-0.39, 0.29) is 65.3 Å². The number of hydrogen-bond acceptors (Lipinski definition) is 9. The molecule has 7 atom stereocenters. The Morgan fingerprint density at radius 3 is 2.49 bits per heavy atom. The number of nitrogens with zero attached hydrogens (tertiary/aromatic N) is 2. The Balaban J connectivity index is 1.17. The molecule has 3 aromatic rings. The molecule has 3 amide bonds. The molecule has 5 aliphatic rings. The lowest BCUT2D eigenvalue weighted by Gasteiger charge is -2.64. The van der Waals surface area contributed by atoms with Crippen LogP contribution in [0.3, 0.4) is 0 Å². The van der Waals surface area contributed by atoms with Crippen molar-refractivity contribution in [3.63, 3.8) is 0 Å². The first-order valence-electron chi connectivity index (χ1n) is 19.5. The molecule has 59 heavy (non-hydrogen) atoms. The van der Waals surface area contributed by atoms with Crippen LogP contribution < -0.4 is 26.8 Å². The van der Waals surface area contributed by atoms with Crippen molar-refractivity contribution < 1.29 is 50.4 Å². The van der Waals surface area contributed by atoms with Gasteiger partial charge < -0.3 is 35.3 Å². The van der Waals surface area contributed by atoms with Gasteiger partial charge in [-0.05, 0) is 80.7 Å². The van der Waals surface area contributed by atoms with Crippen LogP contribution in [0.1, 0.15) is 93.7 Å². The van der Waals surface area contributed by atoms with Crippen LogP contribution in [0.15, 0.2) is 59.5 Å². The summed E-state index contributed by atoms with van der Waals surface area (Å²) < 4.78 is 87.5. The first-order valence-corrected chi connectivity index (χ1v) is 19.5. The molecule has 0 radical (unpaired) electrons. The minimum Gasteiger partial charge on any atom is -0.462 e. The molecule has 2 aromatic carbocycles. The molecule has 1 aromatic heterocycles. The van der Waals surface area contributed by atoms with Crippen molar-refractivity contribution in [2.75, 3.05) is 17.2 Å². The summed E-state index contributed by atoms with van der Waals surface area (Å²) in [5.41, 5.74) is -3.83. The molecular weight excluding hydrogens is 782 g/mol. The minimum absolute atomic E-state index is 0.0375. The molecule has 316 valence electrons. The summed E-state index contributed by atoms with van der Waals surface area (Å²) in [5.74, 6) is -2.45. The van der Waals surface area contributed by atoms with Gasteiger partial charge in [-0.2, -0.15) is 13.2 Å². The number of carbonyl (C=O) groups is 3. The monoisotopic (exact) mass is 828 g/mol. The van der Waals surface area contributed by atoms with Crippen molar-refractivity contribution in [2.24, 2.45) is 17.3 Å². The van der Waals surface area contributed by atoms with Gasteiger partial charge in [0.1, 0.15) is 17.6 Å². The predicted molar refractivity (Wildman–Crippen MR) is 205 cm³/mol. The molecule has 0 spiro atoms. The van der Waals surface area contributed by atoms with Gasteiger partial charge >= 0.3 is 25.3 Å². The van der Waals surface area contributed by atoms with Crippen LogP contribution in [-0.2, 0) is 37.1 Å². The standard InChI is InChI=1S/C40H46BF5N6O7/c1-6-57-34(55)24-12-7-8-13-25(24)49-36(56)51-38(4)18-27(52-33(54)26(20-48-35(38)52)47-19-21-10-9-11-22(14-21)40(44,45)46)32(53)50-30(17-31(42)43)41-58-29-16-23-15-28(37(23,2)3)39(29,5)59-41/h7-14,20,23,27-31,47H,6,15-19H2,1-5H3,(H,50,53)(H2,49,51,56)/t23-,27-,28-,29+,30?,38+,39-/m0/s1. The van der Waals surface area contributed by atoms with Crippen LogP contribution in [-0.4, -0.2) is 65.3 Å². The molecular formula is C40H46BF5N6O7. The van der Waals surface area contributed by atoms with Crippen molar-refractivity contribution >= 4 is 36.4 Å². The SMILES string of the molecule is CCOC(=O)c1ccccc1NC(=O)N[C@]1(C)C[C@@H](C(=O)NC(CC(F)F)B2O[C@@H]3C[C@@H]4C[C@@H](C4(C)C)[C@]3(C)O2)n2c1ncc(NCc1cccc(C(F)(F)F)c1)c2=O. The zero-order chi connectivity index (χ0) is 42.7. The minimum atomic E-state index is -4.60. The average Bonchev–Trinajstić information content (AvgIpc) is 3.68. The van der Waals surface area contributed by atoms with Gasteiger partial charge in [-0.3, -0.25) is 14.2 Å². The molecule has 3 saturated carbocycles. The second kappa shape index (κ2) is 15.5. The van der Waals surface area contributed by atoms with Gasteiger partial charge in [0.2, 0.25) is 12.3 Å². The van der Waals surface area contributed by atoms with E-state index in [1.807, 2.05) is 6.92 Å². The molecule has 4 fully saturated rings. The number of halogens is 5. The molecule has 2 aliphatic heterocycles. The number of anilines is 2. The van der Waals surface area contributed by atoms with Crippen molar-refractivity contribution in [3.05, 3.63) is 87.6 Å². The number of amides is 3. The summed E-state index contributed by atoms with van der Waals surface area (Å²) in [5, 5.41) is 10.9. The molecule has 1 saturated heterocycles. The number of benzene rings is 2. The maximum Gasteiger partial charge on any atom is 0.481 e. The quantitative estimate of drug-likeness (QED) is 0.0915. The van der Waals surface area contributed by atoms with Gasteiger partial charge in [0.05, 0.1) is 52.8 Å². The average molecular weight is 829 g/mol. The van der Waals surface area contributed by atoms with Crippen LogP contribution in [0.5, 0.6) is 0 Å². The smallest absolute Gasteiger partial charge is 0.462 e. The molecule has 3 aliphatic carbocycles. The zero-order valence-corrected chi connectivity index (χ0v) is 33.1. The summed E-state index contributed by atoms with van der Waals surface area (Å²) in [7, 11) is -1.22. The van der Waals surface area contributed by atoms with Crippen molar-refractivity contribution in [3.8, 4) is 0 Å². The van der Waals surface area contributed by atoms with Gasteiger partial charge in [-0.1, -0.05) is 38.1 Å². The van der Waals surface area contributed by atoms with Crippen LogP contribution in [0, 0.1) is 17.3 Å². The highest BCUT2D eigenvalue weighted by atomic mass is 19.4. The van der Waals surface area contributed by atoms with Crippen molar-refractivity contribution in [1.29, 1.82) is 0 Å². The number of esters is 1. The topological polar surface area (TPSA) is 162 Å². The van der Waals surface area contributed by atoms with Gasteiger partial charge in [0, 0.05) is 19.4 Å². The number of aromatic nitrogens is 2. The second-order valence-electron chi connectivity index (χ2n) is 16.7. The lowest BCUT2D eigenvalue weighted by atomic mass is 9.43. The van der Waals surface area contributed by atoms with Crippen LogP contribution in [0.25, 0.3) is 0 Å². The van der Waals surface area contributed by atoms with Crippen LogP contribution in [0.4, 0.5) is 38.1 Å². The Kier molecular flexibility index (Phi) is 11.1. The van der Waals surface area contributed by atoms with Crippen molar-refractivity contribution in [1.82, 2.24) is 20.2 Å². The Hall–Kier alpha value is -5.04. The predicted octanol–water partition coefficient (Wildman–Crippen LogP) is 6.44. The molecule has 8 rings (SSSR count). The maximum atomic E-state index is 14.4. The van der Waals surface area contributed by atoms with Crippen LogP contribution in [0.2, 0.25) is 0 Å². The van der Waals surface area contributed by atoms with Crippen LogP contribution >= 0.6 is 0 Å². The van der Waals surface area contributed by atoms with Crippen molar-refractivity contribution in [2.45, 2.75) is 109 Å². The second-order valence-corrected chi connectivity index (χ2v) is 16.7. The normalized spacial score (nSPS) is 26.9. The number of para-hydroxylation sites is 1. The fourth-order valence-corrected chi connectivity index (χ4v) is 9.39. The fraction of sp³-hybridized carbons (Fsp3) is 0.525. The number of nitrogens with one attached hydrogen (secondary N) is 4. The van der Waals surface area contributed by atoms with E-state index in [2.05, 4.69) is 40.1 Å². The molecule has 1 unspecified atom stereocenters. The first-order chi connectivity index (χ1) is 27.7.